The van der Waals surface area contributed by atoms with Gasteiger partial charge in [-0.2, -0.15) is 0 Å². The Balaban J connectivity index is 1.85. The zero-order valence-electron chi connectivity index (χ0n) is 49.3. The average molecular weight is 1220 g/mol. The first kappa shape index (κ1) is 72.5. The fraction of sp³-hybridized carbons (Fsp3) is 0.736. The molecule has 86 heavy (non-hydrogen) atoms. The number of carbonyl (C=O) groups is 13. The number of aliphatic hydroxyl groups is 2. The number of primary amides is 1. The van der Waals surface area contributed by atoms with E-state index in [-0.39, 0.29) is 83.5 Å². The Hall–Kier alpha value is -7.78. The summed E-state index contributed by atoms with van der Waals surface area (Å²) in [5.41, 5.74) is 16.6. The molecule has 484 valence electrons. The van der Waals surface area contributed by atoms with Gasteiger partial charge in [-0.05, 0) is 123 Å². The van der Waals surface area contributed by atoms with Crippen LogP contribution in [0.15, 0.2) is 0 Å². The lowest BCUT2D eigenvalue weighted by Gasteiger charge is -2.33. The number of carboxylic acid groups (broad SMARTS) is 2. The summed E-state index contributed by atoms with van der Waals surface area (Å²) in [5, 5.41) is 72.3. The van der Waals surface area contributed by atoms with Crippen LogP contribution in [0, 0.1) is 11.3 Å². The van der Waals surface area contributed by atoms with Crippen molar-refractivity contribution in [3.8, 4) is 0 Å². The van der Waals surface area contributed by atoms with E-state index < -0.39 is 188 Å². The Kier molecular flexibility index (Phi) is 30.6. The lowest BCUT2D eigenvalue weighted by atomic mass is 10.0. The van der Waals surface area contributed by atoms with E-state index in [2.05, 4.69) is 53.2 Å². The third kappa shape index (κ3) is 23.6. The first-order valence-corrected chi connectivity index (χ1v) is 29.2. The molecule has 0 radical (unpaired) electrons. The molecule has 0 saturated carbocycles. The van der Waals surface area contributed by atoms with E-state index in [0.29, 0.717) is 25.8 Å². The van der Waals surface area contributed by atoms with Gasteiger partial charge in [0.05, 0.1) is 18.8 Å². The number of hydrogen-bond donors (Lipinski definition) is 18. The van der Waals surface area contributed by atoms with Crippen LogP contribution in [0.5, 0.6) is 0 Å². The lowest BCUT2D eigenvalue weighted by molar-refractivity contribution is -0.148. The van der Waals surface area contributed by atoms with Crippen LogP contribution >= 0.6 is 0 Å². The van der Waals surface area contributed by atoms with Crippen molar-refractivity contribution in [3.05, 3.63) is 0 Å². The third-order valence-electron chi connectivity index (χ3n) is 14.8. The Morgan fingerprint density at radius 3 is 1.66 bits per heavy atom. The maximum absolute atomic E-state index is 14.6. The van der Waals surface area contributed by atoms with Gasteiger partial charge in [-0.3, -0.25) is 62.9 Å². The number of carbonyl (C=O) groups excluding carboxylic acids is 11. The second-order valence-electron chi connectivity index (χ2n) is 22.2. The topological polar surface area (TPSA) is 532 Å². The van der Waals surface area contributed by atoms with E-state index in [1.54, 1.807) is 13.8 Å². The van der Waals surface area contributed by atoms with E-state index in [9.17, 15) is 82.8 Å². The molecule has 11 amide bonds. The molecular formula is C53H90N16O17. The first-order chi connectivity index (χ1) is 40.6. The Labute approximate surface area is 498 Å². The van der Waals surface area contributed by atoms with Gasteiger partial charge in [0.1, 0.15) is 54.4 Å². The zero-order chi connectivity index (χ0) is 64.4. The van der Waals surface area contributed by atoms with Crippen molar-refractivity contribution in [1.29, 1.82) is 5.41 Å². The van der Waals surface area contributed by atoms with Gasteiger partial charge in [-0.15, -0.1) is 0 Å². The minimum absolute atomic E-state index is 0.0120. The largest absolute Gasteiger partial charge is 0.481 e. The minimum atomic E-state index is -1.72. The number of unbranched alkanes of at least 4 members (excludes halogenated alkanes) is 1. The molecule has 3 saturated heterocycles. The summed E-state index contributed by atoms with van der Waals surface area (Å²) >= 11 is 0. The molecule has 0 aliphatic carbocycles. The van der Waals surface area contributed by atoms with Crippen LogP contribution in [-0.2, 0) is 62.3 Å². The van der Waals surface area contributed by atoms with Gasteiger partial charge in [-0.25, -0.2) is 4.79 Å². The molecule has 0 aromatic heterocycles. The van der Waals surface area contributed by atoms with Crippen LogP contribution in [-0.4, -0.2) is 225 Å². The maximum Gasteiger partial charge on any atom is 0.328 e. The molecule has 12 atom stereocenters. The van der Waals surface area contributed by atoms with Gasteiger partial charge in [0, 0.05) is 32.5 Å². The molecule has 21 N–H and O–H groups in total. The molecule has 33 heteroatoms. The molecule has 3 aliphatic rings. The smallest absolute Gasteiger partial charge is 0.328 e. The van der Waals surface area contributed by atoms with Crippen LogP contribution in [0.3, 0.4) is 0 Å². The van der Waals surface area contributed by atoms with E-state index >= 15 is 0 Å². The summed E-state index contributed by atoms with van der Waals surface area (Å²) in [4.78, 5) is 177. The molecule has 3 fully saturated rings. The second kappa shape index (κ2) is 36.3. The number of amides is 11. The summed E-state index contributed by atoms with van der Waals surface area (Å²) in [6.45, 7) is 5.92. The van der Waals surface area contributed by atoms with Crippen molar-refractivity contribution in [1.82, 2.24) is 63.0 Å². The normalized spacial score (nSPS) is 19.6. The van der Waals surface area contributed by atoms with Crippen LogP contribution in [0.25, 0.3) is 0 Å². The van der Waals surface area contributed by atoms with Crippen LogP contribution in [0.1, 0.15) is 130 Å². The summed E-state index contributed by atoms with van der Waals surface area (Å²) < 4.78 is 0. The molecule has 0 spiro atoms. The van der Waals surface area contributed by atoms with Crippen molar-refractivity contribution >= 4 is 82.9 Å². The summed E-state index contributed by atoms with van der Waals surface area (Å²) in [7, 11) is 0. The molecule has 33 nitrogen and oxygen atoms in total. The molecule has 0 aromatic carbocycles. The Morgan fingerprint density at radius 2 is 1.13 bits per heavy atom. The van der Waals surface area contributed by atoms with Crippen LogP contribution < -0.4 is 70.4 Å². The molecule has 0 bridgehead atoms. The number of aliphatic carboxylic acids is 2. The molecule has 0 aromatic rings. The SMILES string of the molecule is CC(C)C[C@H](NC(=O)[C@H](CO)NC(=O)[C@@H]1CCCN1C(=O)[C@@H]1CCCN1C(=O)[C@H](CCC(N)=O)NC(=O)[C@H](CCC(=O)O)NC(=O)[C@H](CCCNC(=N)N)NC(=O)[C@H](CCCCN)NC(=O)[C@H](C)NC(=O)[C@@H]1CCCN1)C(=O)N[C@H](C(=O)O)[C@@H](C)O. The van der Waals surface area contributed by atoms with Gasteiger partial charge < -0.3 is 101 Å². The number of guanidine groups is 1. The first-order valence-electron chi connectivity index (χ1n) is 29.2. The third-order valence-corrected chi connectivity index (χ3v) is 14.8. The van der Waals surface area contributed by atoms with Crippen molar-refractivity contribution in [3.63, 3.8) is 0 Å². The van der Waals surface area contributed by atoms with Crippen LogP contribution in [0.4, 0.5) is 0 Å². The number of carboxylic acids is 2. The predicted octanol–water partition coefficient (Wildman–Crippen LogP) is -6.35. The quantitative estimate of drug-likeness (QED) is 0.0156. The predicted molar refractivity (Wildman–Crippen MR) is 305 cm³/mol. The highest BCUT2D eigenvalue weighted by Gasteiger charge is 2.45. The van der Waals surface area contributed by atoms with Gasteiger partial charge >= 0.3 is 11.9 Å². The molecule has 3 aliphatic heterocycles. The van der Waals surface area contributed by atoms with Gasteiger partial charge in [0.25, 0.3) is 0 Å². The second-order valence-corrected chi connectivity index (χ2v) is 22.2. The molecular weight excluding hydrogens is 1130 g/mol. The van der Waals surface area contributed by atoms with E-state index in [1.807, 2.05) is 0 Å². The maximum atomic E-state index is 14.6. The highest BCUT2D eigenvalue weighted by molar-refractivity contribution is 5.99. The fourth-order valence-electron chi connectivity index (χ4n) is 10.1. The zero-order valence-corrected chi connectivity index (χ0v) is 49.3. The Morgan fingerprint density at radius 1 is 0.593 bits per heavy atom. The number of nitrogens with two attached hydrogens (primary N) is 3. The van der Waals surface area contributed by atoms with Gasteiger partial charge in [0.2, 0.25) is 65.0 Å². The fourth-order valence-corrected chi connectivity index (χ4v) is 10.1. The average Bonchev–Trinajstić information content (AvgIpc) is 2.05. The standard InChI is InChI=1S/C53H90N16O17/c1-27(2)25-35(47(80)67-41(29(4)71)52(85)86)65-48(81)36(26-70)66-49(82)37-14-9-23-68(37)51(84)38-15-10-24-69(38)50(83)34(16-18-39(55)72)64-46(79)33(17-19-40(73)74)63-45(78)32(13-8-22-59-53(56)57)62-44(77)31(11-5-6-20-54)61-42(75)28(3)60-43(76)30-12-7-21-58-30/h27-38,41,58,70-71H,5-26,54H2,1-4H3,(H2,55,72)(H,60,76)(H,61,75)(H,62,77)(H,63,78)(H,64,79)(H,65,81)(H,66,82)(H,67,80)(H,73,74)(H,85,86)(H4,56,57,59)/t28-,29+,30-,31-,32-,33-,34-,35-,36-,37-,38-,41-/m0/s1. The number of nitrogens with zero attached hydrogens (tertiary/aromatic N) is 2. The molecule has 0 unspecified atom stereocenters. The number of rotatable bonds is 37. The Bertz CT molecular complexity index is 2410. The number of nitrogens with one attached hydrogen (secondary N) is 11. The minimum Gasteiger partial charge on any atom is -0.481 e. The number of aliphatic hydroxyl groups excluding tert-OH is 2. The van der Waals surface area contributed by atoms with Gasteiger partial charge in [0.15, 0.2) is 12.0 Å². The number of hydrogen-bond acceptors (Lipinski definition) is 18. The lowest BCUT2D eigenvalue weighted by Crippen LogP contribution is -2.61. The highest BCUT2D eigenvalue weighted by atomic mass is 16.4. The summed E-state index contributed by atoms with van der Waals surface area (Å²) in [6, 6.07) is -14.9. The van der Waals surface area contributed by atoms with Gasteiger partial charge in [-0.1, -0.05) is 13.8 Å². The molecule has 3 rings (SSSR count). The van der Waals surface area contributed by atoms with E-state index in [1.165, 1.54) is 11.8 Å². The van der Waals surface area contributed by atoms with Crippen molar-refractivity contribution in [2.24, 2.45) is 23.1 Å². The monoisotopic (exact) mass is 1220 g/mol. The highest BCUT2D eigenvalue weighted by Crippen LogP contribution is 2.26. The van der Waals surface area contributed by atoms with Crippen molar-refractivity contribution in [2.75, 3.05) is 39.3 Å². The van der Waals surface area contributed by atoms with E-state index in [0.717, 1.165) is 18.2 Å². The molecule has 3 heterocycles. The van der Waals surface area contributed by atoms with Crippen molar-refractivity contribution < 1.29 is 82.8 Å². The summed E-state index contributed by atoms with van der Waals surface area (Å²) in [5.74, 6) is -13.0. The van der Waals surface area contributed by atoms with Crippen LogP contribution in [0.2, 0.25) is 0 Å². The van der Waals surface area contributed by atoms with Crippen molar-refractivity contribution in [2.45, 2.75) is 203 Å². The summed E-state index contributed by atoms with van der Waals surface area (Å²) in [6.07, 6.45) is -0.912. The van der Waals surface area contributed by atoms with E-state index in [4.69, 9.17) is 22.6 Å². The number of likely N-dealkylation sites (tertiary alicyclic amines) is 2.